The van der Waals surface area contributed by atoms with Gasteiger partial charge in [-0.15, -0.1) is 21.9 Å². The molecule has 0 saturated heterocycles. The summed E-state index contributed by atoms with van der Waals surface area (Å²) in [7, 11) is 0. The number of aromatic nitrogens is 2. The molecule has 0 fully saturated rings. The molecule has 0 aliphatic rings. The van der Waals surface area contributed by atoms with Crippen molar-refractivity contribution in [2.45, 2.75) is 26.2 Å². The second-order valence-corrected chi connectivity index (χ2v) is 7.14. The maximum Gasteiger partial charge on any atom is 0.291 e. The molecule has 148 valence electrons. The van der Waals surface area contributed by atoms with E-state index in [4.69, 9.17) is 43.3 Å². The van der Waals surface area contributed by atoms with E-state index in [1.54, 1.807) is 30.4 Å². The summed E-state index contributed by atoms with van der Waals surface area (Å²) in [6, 6.07) is 5.40. The molecule has 7 nitrogen and oxygen atoms in total. The zero-order valence-corrected chi connectivity index (χ0v) is 17.1. The maximum absolute atomic E-state index is 8.36. The Morgan fingerprint density at radius 2 is 2.19 bits per heavy atom. The first-order valence-corrected chi connectivity index (χ1v) is 10.0. The van der Waals surface area contributed by atoms with E-state index < -0.39 is 5.09 Å². The predicted molar refractivity (Wildman–Crippen MR) is 110 cm³/mol. The van der Waals surface area contributed by atoms with E-state index in [0.717, 1.165) is 11.3 Å². The van der Waals surface area contributed by atoms with Crippen LogP contribution in [-0.2, 0) is 4.74 Å². The van der Waals surface area contributed by atoms with Crippen LogP contribution >= 0.6 is 35.0 Å². The van der Waals surface area contributed by atoms with Crippen LogP contribution in [0.1, 0.15) is 31.7 Å². The van der Waals surface area contributed by atoms with E-state index in [0.29, 0.717) is 21.7 Å². The molecule has 1 heterocycles. The largest absolute Gasteiger partial charge is 0.481 e. The van der Waals surface area contributed by atoms with Gasteiger partial charge in [-0.05, 0) is 30.4 Å². The zero-order chi connectivity index (χ0) is 20.1. The summed E-state index contributed by atoms with van der Waals surface area (Å²) in [5, 5.41) is 14.8. The van der Waals surface area contributed by atoms with Gasteiger partial charge in [-0.1, -0.05) is 43.0 Å². The van der Waals surface area contributed by atoms with Crippen molar-refractivity contribution in [3.05, 3.63) is 62.6 Å². The molecule has 0 amide bonds. The highest BCUT2D eigenvalue weighted by atomic mass is 35.5. The van der Waals surface area contributed by atoms with Crippen LogP contribution in [0.2, 0.25) is 10.0 Å². The zero-order valence-electron chi connectivity index (χ0n) is 14.8. The molecule has 10 heteroatoms. The van der Waals surface area contributed by atoms with Gasteiger partial charge < -0.3 is 14.5 Å². The molecule has 0 saturated carbocycles. The lowest BCUT2D eigenvalue weighted by Gasteiger charge is -2.12. The van der Waals surface area contributed by atoms with Crippen molar-refractivity contribution in [2.75, 3.05) is 11.7 Å². The van der Waals surface area contributed by atoms with E-state index in [2.05, 4.69) is 11.9 Å². The van der Waals surface area contributed by atoms with Crippen LogP contribution in [-0.4, -0.2) is 31.5 Å². The first kappa shape index (κ1) is 23.1. The number of unbranched alkanes of at least 4 members (excludes halogenated alkanes) is 2. The van der Waals surface area contributed by atoms with Gasteiger partial charge in [-0.25, -0.2) is 4.98 Å². The van der Waals surface area contributed by atoms with Gasteiger partial charge in [0, 0.05) is 23.0 Å². The highest BCUT2D eigenvalue weighted by Crippen LogP contribution is 2.29. The number of nitrogens with zero attached hydrogens (tertiary/aromatic N) is 3. The monoisotopic (exact) mass is 433 g/mol. The van der Waals surface area contributed by atoms with Crippen molar-refractivity contribution in [1.29, 1.82) is 0 Å². The first-order valence-electron chi connectivity index (χ1n) is 8.12. The molecule has 2 aromatic rings. The van der Waals surface area contributed by atoms with Gasteiger partial charge in [0.1, 0.15) is 11.7 Å². The Morgan fingerprint density at radius 1 is 1.44 bits per heavy atom. The third-order valence-corrected chi connectivity index (χ3v) is 4.59. The summed E-state index contributed by atoms with van der Waals surface area (Å²) in [6.07, 6.45) is 10.9. The minimum atomic E-state index is -1.50. The molecule has 0 aliphatic heterocycles. The topological polar surface area (TPSA) is 90.4 Å². The second-order valence-electron chi connectivity index (χ2n) is 5.24. The third-order valence-electron chi connectivity index (χ3n) is 3.18. The Balaban J connectivity index is 0.000000828. The van der Waals surface area contributed by atoms with Crippen LogP contribution in [0.3, 0.4) is 0 Å². The van der Waals surface area contributed by atoms with E-state index >= 15 is 0 Å². The number of hydrogen-bond donors (Lipinski definition) is 1. The molecule has 2 rings (SSSR count). The average Bonchev–Trinajstić information content (AvgIpc) is 3.10. The molecule has 0 atom stereocenters. The standard InChI is InChI=1S/C17H20Cl2N2OS.HNO3/c1-2-3-4-9-23-13-22-17(11-21-8-7-20-12-21)15-6-5-14(18)10-16(15)19;2-1(3)4/h5-8,10-12H,2-4,9,13H2,1H3;(H,2,3,4). The number of imidazole rings is 1. The van der Waals surface area contributed by atoms with Gasteiger partial charge >= 0.3 is 0 Å². The number of benzene rings is 1. The fourth-order valence-corrected chi connectivity index (χ4v) is 3.21. The molecule has 0 radical (unpaired) electrons. The van der Waals surface area contributed by atoms with E-state index in [-0.39, 0.29) is 0 Å². The van der Waals surface area contributed by atoms with Crippen molar-refractivity contribution >= 4 is 46.9 Å². The fraction of sp³-hybridized carbons (Fsp3) is 0.353. The van der Waals surface area contributed by atoms with Gasteiger partial charge in [0.25, 0.3) is 5.09 Å². The minimum absolute atomic E-state index is 0.569. The van der Waals surface area contributed by atoms with Crippen LogP contribution in [0, 0.1) is 10.1 Å². The predicted octanol–water partition coefficient (Wildman–Crippen LogP) is 5.70. The summed E-state index contributed by atoms with van der Waals surface area (Å²) in [5.74, 6) is 2.39. The molecule has 1 aromatic carbocycles. The highest BCUT2D eigenvalue weighted by Gasteiger charge is 2.09. The third kappa shape index (κ3) is 10.1. The lowest BCUT2D eigenvalue weighted by atomic mass is 10.2. The van der Waals surface area contributed by atoms with Crippen molar-refractivity contribution in [3.63, 3.8) is 0 Å². The van der Waals surface area contributed by atoms with Crippen LogP contribution in [0.5, 0.6) is 0 Å². The smallest absolute Gasteiger partial charge is 0.291 e. The van der Waals surface area contributed by atoms with E-state index in [9.17, 15) is 0 Å². The highest BCUT2D eigenvalue weighted by molar-refractivity contribution is 7.99. The fourth-order valence-electron chi connectivity index (χ4n) is 1.97. The van der Waals surface area contributed by atoms with E-state index in [1.807, 2.05) is 29.1 Å². The van der Waals surface area contributed by atoms with E-state index in [1.165, 1.54) is 19.3 Å². The lowest BCUT2D eigenvalue weighted by molar-refractivity contribution is -0.742. The summed E-state index contributed by atoms with van der Waals surface area (Å²) in [4.78, 5) is 12.4. The summed E-state index contributed by atoms with van der Waals surface area (Å²) < 4.78 is 7.79. The molecule has 27 heavy (non-hydrogen) atoms. The molecular weight excluding hydrogens is 413 g/mol. The molecule has 0 unspecified atom stereocenters. The first-order chi connectivity index (χ1) is 12.9. The number of hydrogen-bond acceptors (Lipinski definition) is 5. The maximum atomic E-state index is 8.36. The average molecular weight is 434 g/mol. The van der Waals surface area contributed by atoms with Crippen molar-refractivity contribution in [1.82, 2.24) is 9.55 Å². The Hall–Kier alpha value is -1.90. The van der Waals surface area contributed by atoms with Crippen LogP contribution in [0.4, 0.5) is 0 Å². The summed E-state index contributed by atoms with van der Waals surface area (Å²) in [6.45, 7) is 2.20. The van der Waals surface area contributed by atoms with Crippen molar-refractivity contribution in [3.8, 4) is 0 Å². The van der Waals surface area contributed by atoms with Gasteiger partial charge in [-0.2, -0.15) is 0 Å². The normalized spacial score (nSPS) is 10.9. The molecular formula is C17H21Cl2N3O4S. The Kier molecular flexibility index (Phi) is 11.4. The van der Waals surface area contributed by atoms with Crippen molar-refractivity contribution in [2.24, 2.45) is 0 Å². The Labute approximate surface area is 172 Å². The lowest BCUT2D eigenvalue weighted by Crippen LogP contribution is -1.96. The number of halogens is 2. The van der Waals surface area contributed by atoms with Crippen molar-refractivity contribution < 1.29 is 15.0 Å². The van der Waals surface area contributed by atoms with Gasteiger partial charge in [0.2, 0.25) is 0 Å². The quantitative estimate of drug-likeness (QED) is 0.179. The Bertz CT molecular complexity index is 723. The molecule has 0 spiro atoms. The molecule has 0 bridgehead atoms. The van der Waals surface area contributed by atoms with Crippen LogP contribution in [0.15, 0.2) is 36.9 Å². The minimum Gasteiger partial charge on any atom is -0.481 e. The molecule has 0 aliphatic carbocycles. The number of ether oxygens (including phenoxy) is 1. The molecule has 1 aromatic heterocycles. The number of thioether (sulfide) groups is 1. The SMILES string of the molecule is CCCCCSCOC(=Cn1ccnc1)c1ccc(Cl)cc1Cl.O=[N+]([O-])O. The number of rotatable bonds is 9. The van der Waals surface area contributed by atoms with Gasteiger partial charge in [-0.3, -0.25) is 0 Å². The summed E-state index contributed by atoms with van der Waals surface area (Å²) in [5.41, 5.74) is 0.818. The van der Waals surface area contributed by atoms with Crippen LogP contribution in [0.25, 0.3) is 12.0 Å². The second kappa shape index (κ2) is 13.3. The molecule has 1 N–H and O–H groups in total. The van der Waals surface area contributed by atoms with Crippen LogP contribution < -0.4 is 0 Å². The Morgan fingerprint density at radius 3 is 2.78 bits per heavy atom. The summed E-state index contributed by atoms with van der Waals surface area (Å²) >= 11 is 14.1. The van der Waals surface area contributed by atoms with Gasteiger partial charge in [0.15, 0.2) is 0 Å². The van der Waals surface area contributed by atoms with Gasteiger partial charge in [0.05, 0.1) is 17.5 Å².